The molecule has 2 N–H and O–H groups in total. The maximum absolute atomic E-state index is 12.2. The molecule has 0 saturated carbocycles. The summed E-state index contributed by atoms with van der Waals surface area (Å²) >= 11 is 0. The molecule has 2 rings (SSSR count). The Labute approximate surface area is 107 Å². The summed E-state index contributed by atoms with van der Waals surface area (Å²) < 4.78 is 5.38. The van der Waals surface area contributed by atoms with Crippen LogP contribution in [0.15, 0.2) is 24.3 Å². The van der Waals surface area contributed by atoms with Gasteiger partial charge in [0, 0.05) is 12.5 Å². The lowest BCUT2D eigenvalue weighted by Crippen LogP contribution is -2.39. The quantitative estimate of drug-likeness (QED) is 0.821. The number of aromatic hydroxyl groups is 1. The van der Waals surface area contributed by atoms with Crippen LogP contribution in [0.5, 0.6) is 5.75 Å². The first-order valence-corrected chi connectivity index (χ1v) is 6.32. The highest BCUT2D eigenvalue weighted by Crippen LogP contribution is 2.18. The van der Waals surface area contributed by atoms with Gasteiger partial charge < -0.3 is 15.2 Å². The van der Waals surface area contributed by atoms with Crippen molar-refractivity contribution in [2.24, 2.45) is 5.92 Å². The van der Waals surface area contributed by atoms with Crippen LogP contribution >= 0.6 is 0 Å². The third-order valence-electron chi connectivity index (χ3n) is 3.28. The average molecular weight is 249 g/mol. The van der Waals surface area contributed by atoms with Crippen molar-refractivity contribution in [1.82, 2.24) is 5.32 Å². The van der Waals surface area contributed by atoms with Crippen molar-refractivity contribution >= 4 is 5.78 Å². The fourth-order valence-corrected chi connectivity index (χ4v) is 2.28. The van der Waals surface area contributed by atoms with Gasteiger partial charge in [-0.05, 0) is 24.2 Å². The van der Waals surface area contributed by atoms with Crippen LogP contribution in [0.4, 0.5) is 0 Å². The van der Waals surface area contributed by atoms with Crippen LogP contribution in [0.2, 0.25) is 0 Å². The van der Waals surface area contributed by atoms with Crippen molar-refractivity contribution in [1.29, 1.82) is 0 Å². The second-order valence-electron chi connectivity index (χ2n) is 4.62. The molecule has 1 heterocycles. The zero-order valence-electron chi connectivity index (χ0n) is 10.6. The maximum atomic E-state index is 12.2. The van der Waals surface area contributed by atoms with Gasteiger partial charge in [0.05, 0.1) is 19.1 Å². The summed E-state index contributed by atoms with van der Waals surface area (Å²) in [5.74, 6) is 0.365. The van der Waals surface area contributed by atoms with Crippen LogP contribution in [0, 0.1) is 5.92 Å². The van der Waals surface area contributed by atoms with Gasteiger partial charge >= 0.3 is 0 Å². The smallest absolute Gasteiger partial charge is 0.144 e. The van der Waals surface area contributed by atoms with Gasteiger partial charge in [0.25, 0.3) is 0 Å². The van der Waals surface area contributed by atoms with Gasteiger partial charge in [-0.25, -0.2) is 0 Å². The van der Waals surface area contributed by atoms with Crippen LogP contribution in [-0.2, 0) is 16.0 Å². The lowest BCUT2D eigenvalue weighted by molar-refractivity contribution is -0.122. The van der Waals surface area contributed by atoms with E-state index in [0.29, 0.717) is 19.6 Å². The number of nitrogens with one attached hydrogen (secondary N) is 1. The number of hydrogen-bond acceptors (Lipinski definition) is 4. The molecule has 2 unspecified atom stereocenters. The monoisotopic (exact) mass is 249 g/mol. The van der Waals surface area contributed by atoms with Crippen molar-refractivity contribution in [2.75, 3.05) is 19.8 Å². The molecule has 0 aliphatic carbocycles. The van der Waals surface area contributed by atoms with Gasteiger partial charge in [-0.2, -0.15) is 0 Å². The van der Waals surface area contributed by atoms with Gasteiger partial charge in [-0.1, -0.05) is 19.1 Å². The summed E-state index contributed by atoms with van der Waals surface area (Å²) in [7, 11) is 0. The standard InChI is InChI=1S/C14H19NO3/c1-2-15-13-9-18-8-12(13)14(17)7-10-3-5-11(16)6-4-10/h3-6,12-13,15-16H,2,7-9H2,1H3. The molecular formula is C14H19NO3. The van der Waals surface area contributed by atoms with E-state index in [1.165, 1.54) is 0 Å². The van der Waals surface area contributed by atoms with E-state index in [0.717, 1.165) is 12.1 Å². The van der Waals surface area contributed by atoms with Gasteiger partial charge in [-0.3, -0.25) is 4.79 Å². The van der Waals surface area contributed by atoms with E-state index in [1.54, 1.807) is 24.3 Å². The fraction of sp³-hybridized carbons (Fsp3) is 0.500. The number of hydrogen-bond donors (Lipinski definition) is 2. The molecular weight excluding hydrogens is 230 g/mol. The minimum atomic E-state index is -0.0567. The molecule has 1 aromatic rings. The van der Waals surface area contributed by atoms with Crippen LogP contribution in [0.3, 0.4) is 0 Å². The summed E-state index contributed by atoms with van der Waals surface area (Å²) in [6.07, 6.45) is 0.399. The van der Waals surface area contributed by atoms with Gasteiger partial charge in [0.2, 0.25) is 0 Å². The number of likely N-dealkylation sites (N-methyl/N-ethyl adjacent to an activating group) is 1. The molecule has 0 aromatic heterocycles. The van der Waals surface area contributed by atoms with E-state index in [-0.39, 0.29) is 23.5 Å². The maximum Gasteiger partial charge on any atom is 0.144 e. The van der Waals surface area contributed by atoms with E-state index >= 15 is 0 Å². The summed E-state index contributed by atoms with van der Waals surface area (Å²) in [5, 5.41) is 12.5. The molecule has 2 atom stereocenters. The first-order valence-electron chi connectivity index (χ1n) is 6.32. The molecule has 1 aliphatic rings. The van der Waals surface area contributed by atoms with Crippen molar-refractivity contribution in [3.8, 4) is 5.75 Å². The number of Topliss-reactive ketones (excluding diaryl/α,β-unsaturated/α-hetero) is 1. The number of carbonyl (C=O) groups is 1. The highest BCUT2D eigenvalue weighted by atomic mass is 16.5. The Morgan fingerprint density at radius 2 is 2.11 bits per heavy atom. The molecule has 4 heteroatoms. The van der Waals surface area contributed by atoms with E-state index in [1.807, 2.05) is 6.92 Å². The summed E-state index contributed by atoms with van der Waals surface area (Å²) in [5.41, 5.74) is 0.931. The average Bonchev–Trinajstić information content (AvgIpc) is 2.81. The SMILES string of the molecule is CCNC1COCC1C(=O)Cc1ccc(O)cc1. The molecule has 1 aliphatic heterocycles. The Balaban J connectivity index is 1.96. The first kappa shape index (κ1) is 13.1. The number of ketones is 1. The van der Waals surface area contributed by atoms with Crippen LogP contribution in [-0.4, -0.2) is 36.7 Å². The van der Waals surface area contributed by atoms with Crippen molar-refractivity contribution in [2.45, 2.75) is 19.4 Å². The zero-order valence-corrected chi connectivity index (χ0v) is 10.6. The summed E-state index contributed by atoms with van der Waals surface area (Å²) in [6.45, 7) is 3.99. The van der Waals surface area contributed by atoms with E-state index < -0.39 is 0 Å². The highest BCUT2D eigenvalue weighted by Gasteiger charge is 2.32. The van der Waals surface area contributed by atoms with Gasteiger partial charge in [0.1, 0.15) is 11.5 Å². The minimum absolute atomic E-state index is 0.0567. The van der Waals surface area contributed by atoms with Crippen LogP contribution in [0.25, 0.3) is 0 Å². The Morgan fingerprint density at radius 1 is 1.39 bits per heavy atom. The molecule has 0 radical (unpaired) electrons. The third-order valence-corrected chi connectivity index (χ3v) is 3.28. The van der Waals surface area contributed by atoms with E-state index in [9.17, 15) is 9.90 Å². The lowest BCUT2D eigenvalue weighted by Gasteiger charge is -2.17. The largest absolute Gasteiger partial charge is 0.508 e. The zero-order chi connectivity index (χ0) is 13.0. The number of phenolic OH excluding ortho intramolecular Hbond substituents is 1. The molecule has 1 aromatic carbocycles. The van der Waals surface area contributed by atoms with Crippen molar-refractivity contribution in [3.63, 3.8) is 0 Å². The Hall–Kier alpha value is -1.39. The summed E-state index contributed by atoms with van der Waals surface area (Å²) in [4.78, 5) is 12.2. The molecule has 0 amide bonds. The predicted octanol–water partition coefficient (Wildman–Crippen LogP) is 1.13. The predicted molar refractivity (Wildman–Crippen MR) is 68.6 cm³/mol. The number of phenols is 1. The molecule has 98 valence electrons. The van der Waals surface area contributed by atoms with E-state index in [2.05, 4.69) is 5.32 Å². The molecule has 0 bridgehead atoms. The topological polar surface area (TPSA) is 58.6 Å². The van der Waals surface area contributed by atoms with Gasteiger partial charge in [-0.15, -0.1) is 0 Å². The first-order chi connectivity index (χ1) is 8.70. The number of ether oxygens (including phenoxy) is 1. The second kappa shape index (κ2) is 5.98. The van der Waals surface area contributed by atoms with Crippen LogP contribution in [0.1, 0.15) is 12.5 Å². The minimum Gasteiger partial charge on any atom is -0.508 e. The fourth-order valence-electron chi connectivity index (χ4n) is 2.28. The normalized spacial score (nSPS) is 23.2. The van der Waals surface area contributed by atoms with Crippen molar-refractivity contribution < 1.29 is 14.6 Å². The third kappa shape index (κ3) is 3.09. The summed E-state index contributed by atoms with van der Waals surface area (Å²) in [6, 6.07) is 6.92. The lowest BCUT2D eigenvalue weighted by atomic mass is 9.93. The van der Waals surface area contributed by atoms with Gasteiger partial charge in [0.15, 0.2) is 0 Å². The Morgan fingerprint density at radius 3 is 2.78 bits per heavy atom. The molecule has 18 heavy (non-hydrogen) atoms. The molecule has 0 spiro atoms. The molecule has 4 nitrogen and oxygen atoms in total. The van der Waals surface area contributed by atoms with Crippen LogP contribution < -0.4 is 5.32 Å². The number of carbonyl (C=O) groups excluding carboxylic acids is 1. The van der Waals surface area contributed by atoms with Crippen molar-refractivity contribution in [3.05, 3.63) is 29.8 Å². The second-order valence-corrected chi connectivity index (χ2v) is 4.62. The number of rotatable bonds is 5. The molecule has 1 saturated heterocycles. The highest BCUT2D eigenvalue weighted by molar-refractivity contribution is 5.84. The number of benzene rings is 1. The Kier molecular flexibility index (Phi) is 4.33. The molecule has 1 fully saturated rings. The van der Waals surface area contributed by atoms with E-state index in [4.69, 9.17) is 4.74 Å². The Bertz CT molecular complexity index is 402.